The smallest absolute Gasteiger partial charge is 0.235 e. The topological polar surface area (TPSA) is 38.3 Å². The minimum absolute atomic E-state index is 0.151. The molecule has 1 saturated carbocycles. The van der Waals surface area contributed by atoms with Gasteiger partial charge in [-0.3, -0.25) is 4.79 Å². The SMILES string of the molecule is COc1cc(C)cc2c1NC(=O)C21CCC1. The molecular formula is C13H15NO2. The first-order valence-corrected chi connectivity index (χ1v) is 5.68. The molecule has 1 aliphatic carbocycles. The van der Waals surface area contributed by atoms with E-state index in [4.69, 9.17) is 4.74 Å². The molecule has 1 spiro atoms. The van der Waals surface area contributed by atoms with Crippen LogP contribution in [0.25, 0.3) is 0 Å². The summed E-state index contributed by atoms with van der Waals surface area (Å²) in [6.45, 7) is 2.04. The van der Waals surface area contributed by atoms with E-state index >= 15 is 0 Å². The van der Waals surface area contributed by atoms with Gasteiger partial charge in [0.25, 0.3) is 0 Å². The maximum Gasteiger partial charge on any atom is 0.235 e. The van der Waals surface area contributed by atoms with E-state index in [0.29, 0.717) is 0 Å². The zero-order chi connectivity index (χ0) is 11.3. The molecule has 0 radical (unpaired) electrons. The minimum Gasteiger partial charge on any atom is -0.495 e. The second kappa shape index (κ2) is 3.00. The van der Waals surface area contributed by atoms with E-state index in [-0.39, 0.29) is 11.3 Å². The normalized spacial score (nSPS) is 20.2. The summed E-state index contributed by atoms with van der Waals surface area (Å²) in [6, 6.07) is 4.09. The van der Waals surface area contributed by atoms with E-state index in [2.05, 4.69) is 11.4 Å². The molecule has 0 atom stereocenters. The Balaban J connectivity index is 2.22. The van der Waals surface area contributed by atoms with Crippen molar-refractivity contribution in [3.8, 4) is 5.75 Å². The number of amides is 1. The van der Waals surface area contributed by atoms with Crippen molar-refractivity contribution in [1.29, 1.82) is 0 Å². The van der Waals surface area contributed by atoms with Crippen LogP contribution >= 0.6 is 0 Å². The van der Waals surface area contributed by atoms with Crippen LogP contribution in [0.4, 0.5) is 5.69 Å². The first-order chi connectivity index (χ1) is 7.67. The van der Waals surface area contributed by atoms with Crippen LogP contribution in [0.1, 0.15) is 30.4 Å². The molecule has 0 bridgehead atoms. The van der Waals surface area contributed by atoms with Gasteiger partial charge in [-0.25, -0.2) is 0 Å². The lowest BCUT2D eigenvalue weighted by Crippen LogP contribution is -2.40. The minimum atomic E-state index is -0.241. The number of carbonyl (C=O) groups is 1. The fourth-order valence-corrected chi connectivity index (χ4v) is 2.80. The Morgan fingerprint density at radius 3 is 2.69 bits per heavy atom. The van der Waals surface area contributed by atoms with Gasteiger partial charge in [0, 0.05) is 0 Å². The molecule has 3 nitrogen and oxygen atoms in total. The summed E-state index contributed by atoms with van der Waals surface area (Å²) in [4.78, 5) is 12.0. The Morgan fingerprint density at radius 2 is 2.12 bits per heavy atom. The van der Waals surface area contributed by atoms with E-state index < -0.39 is 0 Å². The summed E-state index contributed by atoms with van der Waals surface area (Å²) in [5.74, 6) is 0.935. The first-order valence-electron chi connectivity index (χ1n) is 5.68. The van der Waals surface area contributed by atoms with Crippen molar-refractivity contribution < 1.29 is 9.53 Å². The van der Waals surface area contributed by atoms with Crippen molar-refractivity contribution in [2.75, 3.05) is 12.4 Å². The molecule has 1 fully saturated rings. The quantitative estimate of drug-likeness (QED) is 0.784. The predicted octanol–water partition coefficient (Wildman–Crippen LogP) is 2.38. The lowest BCUT2D eigenvalue weighted by atomic mass is 9.65. The molecule has 0 unspecified atom stereocenters. The molecule has 1 aromatic carbocycles. The van der Waals surface area contributed by atoms with Crippen LogP contribution in [0.2, 0.25) is 0 Å². The van der Waals surface area contributed by atoms with Crippen LogP contribution in [0.3, 0.4) is 0 Å². The molecule has 0 aromatic heterocycles. The number of nitrogens with one attached hydrogen (secondary N) is 1. The van der Waals surface area contributed by atoms with Gasteiger partial charge in [0.05, 0.1) is 18.2 Å². The second-order valence-corrected chi connectivity index (χ2v) is 4.78. The molecule has 2 aliphatic rings. The molecule has 1 aromatic rings. The molecule has 0 saturated heterocycles. The van der Waals surface area contributed by atoms with Crippen molar-refractivity contribution in [1.82, 2.24) is 0 Å². The van der Waals surface area contributed by atoms with Crippen LogP contribution in [0.15, 0.2) is 12.1 Å². The van der Waals surface area contributed by atoms with Crippen LogP contribution < -0.4 is 10.1 Å². The number of benzene rings is 1. The summed E-state index contributed by atoms with van der Waals surface area (Å²) >= 11 is 0. The Kier molecular flexibility index (Phi) is 1.82. The van der Waals surface area contributed by atoms with Gasteiger partial charge in [0.1, 0.15) is 5.75 Å². The van der Waals surface area contributed by atoms with Crippen LogP contribution in [-0.2, 0) is 10.2 Å². The maximum atomic E-state index is 12.0. The number of rotatable bonds is 1. The molecule has 3 heteroatoms. The molecule has 1 amide bonds. The zero-order valence-electron chi connectivity index (χ0n) is 9.59. The van der Waals surface area contributed by atoms with Crippen molar-refractivity contribution >= 4 is 11.6 Å². The third-order valence-electron chi connectivity index (χ3n) is 3.86. The lowest BCUT2D eigenvalue weighted by Gasteiger charge is -2.36. The van der Waals surface area contributed by atoms with Gasteiger partial charge in [-0.1, -0.05) is 12.5 Å². The number of aryl methyl sites for hydroxylation is 1. The van der Waals surface area contributed by atoms with Gasteiger partial charge in [0.2, 0.25) is 5.91 Å². The van der Waals surface area contributed by atoms with E-state index in [0.717, 1.165) is 41.8 Å². The number of fused-ring (bicyclic) bond motifs is 2. The van der Waals surface area contributed by atoms with Crippen molar-refractivity contribution in [3.05, 3.63) is 23.3 Å². The standard InChI is InChI=1S/C13H15NO2/c1-8-6-9-11(10(7-8)16-2)14-12(15)13(9)4-3-5-13/h6-7H,3-5H2,1-2H3,(H,14,15). The number of ether oxygens (including phenoxy) is 1. The van der Waals surface area contributed by atoms with Crippen LogP contribution in [-0.4, -0.2) is 13.0 Å². The van der Waals surface area contributed by atoms with E-state index in [1.807, 2.05) is 13.0 Å². The van der Waals surface area contributed by atoms with Gasteiger partial charge in [-0.2, -0.15) is 0 Å². The third-order valence-corrected chi connectivity index (χ3v) is 3.86. The monoisotopic (exact) mass is 217 g/mol. The van der Waals surface area contributed by atoms with E-state index in [1.165, 1.54) is 0 Å². The van der Waals surface area contributed by atoms with Crippen molar-refractivity contribution in [3.63, 3.8) is 0 Å². The second-order valence-electron chi connectivity index (χ2n) is 4.78. The fraction of sp³-hybridized carbons (Fsp3) is 0.462. The molecular weight excluding hydrogens is 202 g/mol. The van der Waals surface area contributed by atoms with Gasteiger partial charge < -0.3 is 10.1 Å². The maximum absolute atomic E-state index is 12.0. The van der Waals surface area contributed by atoms with E-state index in [1.54, 1.807) is 7.11 Å². The largest absolute Gasteiger partial charge is 0.495 e. The lowest BCUT2D eigenvalue weighted by molar-refractivity contribution is -0.123. The van der Waals surface area contributed by atoms with Gasteiger partial charge in [-0.05, 0) is 37.0 Å². The summed E-state index contributed by atoms with van der Waals surface area (Å²) in [7, 11) is 1.65. The number of carbonyl (C=O) groups excluding carboxylic acids is 1. The van der Waals surface area contributed by atoms with Crippen molar-refractivity contribution in [2.24, 2.45) is 0 Å². The molecule has 1 heterocycles. The predicted molar refractivity (Wildman–Crippen MR) is 61.9 cm³/mol. The summed E-state index contributed by atoms with van der Waals surface area (Å²) in [6.07, 6.45) is 3.08. The number of anilines is 1. The number of methoxy groups -OCH3 is 1. The van der Waals surface area contributed by atoms with Gasteiger partial charge in [0.15, 0.2) is 0 Å². The summed E-state index contributed by atoms with van der Waals surface area (Å²) in [5, 5.41) is 2.97. The van der Waals surface area contributed by atoms with E-state index in [9.17, 15) is 4.79 Å². The highest BCUT2D eigenvalue weighted by atomic mass is 16.5. The fourth-order valence-electron chi connectivity index (χ4n) is 2.80. The zero-order valence-corrected chi connectivity index (χ0v) is 9.59. The molecule has 16 heavy (non-hydrogen) atoms. The van der Waals surface area contributed by atoms with Gasteiger partial charge >= 0.3 is 0 Å². The first kappa shape index (κ1) is 9.70. The average Bonchev–Trinajstić information content (AvgIpc) is 2.48. The van der Waals surface area contributed by atoms with Crippen molar-refractivity contribution in [2.45, 2.75) is 31.6 Å². The molecule has 1 N–H and O–H groups in total. The average molecular weight is 217 g/mol. The number of hydrogen-bond donors (Lipinski definition) is 1. The molecule has 84 valence electrons. The highest BCUT2D eigenvalue weighted by Gasteiger charge is 2.51. The Labute approximate surface area is 94.8 Å². The highest BCUT2D eigenvalue weighted by molar-refractivity contribution is 6.08. The Bertz CT molecular complexity index is 475. The third kappa shape index (κ3) is 1.01. The highest BCUT2D eigenvalue weighted by Crippen LogP contribution is 2.53. The Hall–Kier alpha value is -1.51. The Morgan fingerprint density at radius 1 is 1.38 bits per heavy atom. The summed E-state index contributed by atoms with van der Waals surface area (Å²) in [5.41, 5.74) is 2.94. The van der Waals surface area contributed by atoms with Crippen LogP contribution in [0.5, 0.6) is 5.75 Å². The number of hydrogen-bond acceptors (Lipinski definition) is 2. The molecule has 3 rings (SSSR count). The van der Waals surface area contributed by atoms with Gasteiger partial charge in [-0.15, -0.1) is 0 Å². The van der Waals surface area contributed by atoms with Crippen LogP contribution in [0, 0.1) is 6.92 Å². The molecule has 1 aliphatic heterocycles. The summed E-state index contributed by atoms with van der Waals surface area (Å²) < 4.78 is 5.33.